The SMILES string of the molecule is COc1cccnc1NC(=O)Cc1csc(-c2ccc(C)o2)n1. The molecule has 3 heterocycles. The van der Waals surface area contributed by atoms with Crippen molar-refractivity contribution in [3.8, 4) is 16.5 Å². The first-order valence-electron chi connectivity index (χ1n) is 6.96. The van der Waals surface area contributed by atoms with Gasteiger partial charge < -0.3 is 14.5 Å². The number of amides is 1. The van der Waals surface area contributed by atoms with Crippen LogP contribution in [0.5, 0.6) is 5.75 Å². The Hall–Kier alpha value is -2.67. The lowest BCUT2D eigenvalue weighted by Crippen LogP contribution is -2.16. The van der Waals surface area contributed by atoms with E-state index >= 15 is 0 Å². The highest BCUT2D eigenvalue weighted by molar-refractivity contribution is 7.13. The van der Waals surface area contributed by atoms with Gasteiger partial charge in [-0.2, -0.15) is 0 Å². The summed E-state index contributed by atoms with van der Waals surface area (Å²) in [5.74, 6) is 2.26. The number of aryl methyl sites for hydroxylation is 1. The van der Waals surface area contributed by atoms with Crippen LogP contribution in [0.3, 0.4) is 0 Å². The summed E-state index contributed by atoms with van der Waals surface area (Å²) in [6, 6.07) is 7.24. The van der Waals surface area contributed by atoms with Gasteiger partial charge in [-0.1, -0.05) is 0 Å². The summed E-state index contributed by atoms with van der Waals surface area (Å²) in [6.45, 7) is 1.88. The molecular weight excluding hydrogens is 314 g/mol. The number of pyridine rings is 1. The number of aromatic nitrogens is 2. The number of anilines is 1. The van der Waals surface area contributed by atoms with E-state index in [2.05, 4.69) is 15.3 Å². The molecular formula is C16H15N3O3S. The third kappa shape index (κ3) is 3.57. The molecule has 0 aliphatic rings. The topological polar surface area (TPSA) is 77.2 Å². The molecule has 1 amide bonds. The molecule has 1 N–H and O–H groups in total. The summed E-state index contributed by atoms with van der Waals surface area (Å²) in [5, 5.41) is 5.34. The Bertz CT molecular complexity index is 825. The van der Waals surface area contributed by atoms with Gasteiger partial charge in [0.25, 0.3) is 0 Å². The van der Waals surface area contributed by atoms with E-state index in [-0.39, 0.29) is 12.3 Å². The average molecular weight is 329 g/mol. The van der Waals surface area contributed by atoms with Crippen molar-refractivity contribution in [2.45, 2.75) is 13.3 Å². The Morgan fingerprint density at radius 3 is 3.00 bits per heavy atom. The highest BCUT2D eigenvalue weighted by Crippen LogP contribution is 2.26. The minimum absolute atomic E-state index is 0.163. The van der Waals surface area contributed by atoms with Gasteiger partial charge in [-0.05, 0) is 31.2 Å². The molecule has 0 unspecified atom stereocenters. The third-order valence-corrected chi connectivity index (χ3v) is 4.00. The normalized spacial score (nSPS) is 10.5. The quantitative estimate of drug-likeness (QED) is 0.777. The van der Waals surface area contributed by atoms with Crippen molar-refractivity contribution in [2.24, 2.45) is 0 Å². The second kappa shape index (κ2) is 6.62. The van der Waals surface area contributed by atoms with Crippen LogP contribution in [0, 0.1) is 6.92 Å². The number of carbonyl (C=O) groups excluding carboxylic acids is 1. The van der Waals surface area contributed by atoms with Crippen LogP contribution in [0.4, 0.5) is 5.82 Å². The van der Waals surface area contributed by atoms with Crippen LogP contribution < -0.4 is 10.1 Å². The number of nitrogens with one attached hydrogen (secondary N) is 1. The summed E-state index contributed by atoms with van der Waals surface area (Å²) >= 11 is 1.45. The monoisotopic (exact) mass is 329 g/mol. The molecule has 0 saturated heterocycles. The fourth-order valence-electron chi connectivity index (χ4n) is 2.04. The van der Waals surface area contributed by atoms with Gasteiger partial charge in [-0.15, -0.1) is 11.3 Å². The van der Waals surface area contributed by atoms with Crippen molar-refractivity contribution in [1.29, 1.82) is 0 Å². The predicted octanol–water partition coefficient (Wildman–Crippen LogP) is 3.30. The minimum atomic E-state index is -0.200. The first-order valence-corrected chi connectivity index (χ1v) is 7.84. The van der Waals surface area contributed by atoms with Gasteiger partial charge >= 0.3 is 0 Å². The number of rotatable bonds is 5. The highest BCUT2D eigenvalue weighted by Gasteiger charge is 2.13. The first kappa shape index (κ1) is 15.2. The van der Waals surface area contributed by atoms with Crippen LogP contribution in [0.1, 0.15) is 11.5 Å². The van der Waals surface area contributed by atoms with Crippen molar-refractivity contribution >= 4 is 23.1 Å². The largest absolute Gasteiger partial charge is 0.493 e. The maximum absolute atomic E-state index is 12.1. The van der Waals surface area contributed by atoms with E-state index < -0.39 is 0 Å². The number of methoxy groups -OCH3 is 1. The number of ether oxygens (including phenoxy) is 1. The van der Waals surface area contributed by atoms with E-state index in [1.807, 2.05) is 24.4 Å². The van der Waals surface area contributed by atoms with E-state index in [1.54, 1.807) is 18.3 Å². The second-order valence-corrected chi connectivity index (χ2v) is 5.69. The molecule has 0 bridgehead atoms. The molecule has 0 atom stereocenters. The predicted molar refractivity (Wildman–Crippen MR) is 87.7 cm³/mol. The van der Waals surface area contributed by atoms with E-state index in [0.717, 1.165) is 10.8 Å². The number of thiazole rings is 1. The van der Waals surface area contributed by atoms with Gasteiger partial charge in [0.05, 0.1) is 19.2 Å². The minimum Gasteiger partial charge on any atom is -0.493 e. The lowest BCUT2D eigenvalue weighted by Gasteiger charge is -2.07. The standard InChI is InChI=1S/C16H15N3O3S/c1-10-5-6-13(22-10)16-18-11(9-23-16)8-14(20)19-15-12(21-2)4-3-7-17-15/h3-7,9H,8H2,1-2H3,(H,17,19,20). The maximum atomic E-state index is 12.1. The van der Waals surface area contributed by atoms with Crippen LogP contribution in [0.25, 0.3) is 10.8 Å². The van der Waals surface area contributed by atoms with Gasteiger partial charge in [0.1, 0.15) is 5.76 Å². The number of nitrogens with zero attached hydrogens (tertiary/aromatic N) is 2. The molecule has 118 valence electrons. The average Bonchev–Trinajstić information content (AvgIpc) is 3.16. The van der Waals surface area contributed by atoms with Crippen LogP contribution in [-0.4, -0.2) is 23.0 Å². The summed E-state index contributed by atoms with van der Waals surface area (Å²) < 4.78 is 10.7. The zero-order valence-corrected chi connectivity index (χ0v) is 13.5. The Morgan fingerprint density at radius 1 is 1.39 bits per heavy atom. The number of carbonyl (C=O) groups is 1. The molecule has 3 aromatic rings. The van der Waals surface area contributed by atoms with Crippen molar-refractivity contribution < 1.29 is 13.9 Å². The van der Waals surface area contributed by atoms with E-state index in [4.69, 9.17) is 9.15 Å². The Balaban J connectivity index is 1.68. The summed E-state index contributed by atoms with van der Waals surface area (Å²) in [4.78, 5) is 20.7. The molecule has 0 aliphatic heterocycles. The van der Waals surface area contributed by atoms with E-state index in [1.165, 1.54) is 18.4 Å². The molecule has 7 heteroatoms. The third-order valence-electron chi connectivity index (χ3n) is 3.09. The molecule has 0 aliphatic carbocycles. The molecule has 0 fully saturated rings. The number of hydrogen-bond donors (Lipinski definition) is 1. The van der Waals surface area contributed by atoms with Crippen molar-refractivity contribution in [3.05, 3.63) is 47.3 Å². The van der Waals surface area contributed by atoms with Gasteiger partial charge in [0.2, 0.25) is 5.91 Å². The molecule has 6 nitrogen and oxygen atoms in total. The Morgan fingerprint density at radius 2 is 2.26 bits per heavy atom. The van der Waals surface area contributed by atoms with Crippen molar-refractivity contribution in [2.75, 3.05) is 12.4 Å². The molecule has 0 aromatic carbocycles. The second-order valence-electron chi connectivity index (χ2n) is 4.83. The van der Waals surface area contributed by atoms with Gasteiger partial charge in [0.15, 0.2) is 22.3 Å². The van der Waals surface area contributed by atoms with Gasteiger partial charge in [-0.3, -0.25) is 4.79 Å². The summed E-state index contributed by atoms with van der Waals surface area (Å²) in [6.07, 6.45) is 1.76. The molecule has 0 radical (unpaired) electrons. The highest BCUT2D eigenvalue weighted by atomic mass is 32.1. The van der Waals surface area contributed by atoms with Crippen LogP contribution in [-0.2, 0) is 11.2 Å². The van der Waals surface area contributed by atoms with Gasteiger partial charge in [-0.25, -0.2) is 9.97 Å². The fourth-order valence-corrected chi connectivity index (χ4v) is 2.82. The Kier molecular flexibility index (Phi) is 4.38. The van der Waals surface area contributed by atoms with Gasteiger partial charge in [0, 0.05) is 11.6 Å². The fraction of sp³-hybridized carbons (Fsp3) is 0.188. The number of furan rings is 1. The maximum Gasteiger partial charge on any atom is 0.231 e. The smallest absolute Gasteiger partial charge is 0.231 e. The summed E-state index contributed by atoms with van der Waals surface area (Å²) in [7, 11) is 1.53. The first-order chi connectivity index (χ1) is 11.2. The number of hydrogen-bond acceptors (Lipinski definition) is 6. The van der Waals surface area contributed by atoms with E-state index in [0.29, 0.717) is 23.0 Å². The van der Waals surface area contributed by atoms with Crippen LogP contribution >= 0.6 is 11.3 Å². The zero-order chi connectivity index (χ0) is 16.2. The molecule has 3 aromatic heterocycles. The molecule has 23 heavy (non-hydrogen) atoms. The molecule has 0 spiro atoms. The lowest BCUT2D eigenvalue weighted by molar-refractivity contribution is -0.115. The Labute approximate surface area is 137 Å². The molecule has 3 rings (SSSR count). The zero-order valence-electron chi connectivity index (χ0n) is 12.7. The van der Waals surface area contributed by atoms with Crippen molar-refractivity contribution in [1.82, 2.24) is 9.97 Å². The summed E-state index contributed by atoms with van der Waals surface area (Å²) in [5.41, 5.74) is 0.687. The van der Waals surface area contributed by atoms with Crippen LogP contribution in [0.15, 0.2) is 40.3 Å². The van der Waals surface area contributed by atoms with E-state index in [9.17, 15) is 4.79 Å². The lowest BCUT2D eigenvalue weighted by atomic mass is 10.3. The van der Waals surface area contributed by atoms with Crippen molar-refractivity contribution in [3.63, 3.8) is 0 Å². The molecule has 0 saturated carbocycles. The van der Waals surface area contributed by atoms with Crippen LogP contribution in [0.2, 0.25) is 0 Å².